The minimum Gasteiger partial charge on any atom is -0.271 e. The van der Waals surface area contributed by atoms with E-state index in [-0.39, 0.29) is 6.04 Å². The highest BCUT2D eigenvalue weighted by Crippen LogP contribution is 2.21. The summed E-state index contributed by atoms with van der Waals surface area (Å²) in [5.41, 5.74) is 2.62. The van der Waals surface area contributed by atoms with Crippen LogP contribution in [0.2, 0.25) is 0 Å². The van der Waals surface area contributed by atoms with Gasteiger partial charge in [0.1, 0.15) is 6.04 Å². The van der Waals surface area contributed by atoms with Gasteiger partial charge in [-0.25, -0.2) is 0 Å². The van der Waals surface area contributed by atoms with Crippen LogP contribution in [0.15, 0.2) is 17.3 Å². The van der Waals surface area contributed by atoms with Crippen molar-refractivity contribution in [3.05, 3.63) is 17.1 Å². The number of hydrazine groups is 1. The maximum absolute atomic E-state index is 10.1. The van der Waals surface area contributed by atoms with E-state index in [1.807, 2.05) is 6.08 Å². The maximum atomic E-state index is 10.1. The van der Waals surface area contributed by atoms with Crippen LogP contribution in [0.4, 0.5) is 0 Å². The summed E-state index contributed by atoms with van der Waals surface area (Å²) in [5.74, 6) is 5.73. The molecule has 0 aliphatic heterocycles. The van der Waals surface area contributed by atoms with Crippen LogP contribution in [0.1, 0.15) is 19.3 Å². The van der Waals surface area contributed by atoms with Crippen LogP contribution < -0.4 is 11.3 Å². The Morgan fingerprint density at radius 2 is 2.33 bits per heavy atom. The molecule has 1 aliphatic rings. The molecule has 0 aromatic rings. The average molecular weight is 169 g/mol. The zero-order chi connectivity index (χ0) is 8.81. The fraction of sp³-hybridized carbons (Fsp3) is 0.750. The third-order valence-electron chi connectivity index (χ3n) is 2.23. The Kier molecular flexibility index (Phi) is 3.90. The molecule has 0 spiro atoms. The number of nitrogens with two attached hydrogens (primary N) is 1. The highest BCUT2D eigenvalue weighted by molar-refractivity contribution is 5.01. The second kappa shape index (κ2) is 5.00. The largest absolute Gasteiger partial charge is 0.271 e. The lowest BCUT2D eigenvalue weighted by Crippen LogP contribution is -2.25. The van der Waals surface area contributed by atoms with E-state index in [4.69, 9.17) is 5.84 Å². The average Bonchev–Trinajstić information content (AvgIpc) is 2.15. The second-order valence-corrected chi connectivity index (χ2v) is 3.14. The standard InChI is InChI=1S/C8H15N3O/c9-10-6-5-7-1-3-8(11-12)4-2-7/h1,3,7-8,10H,2,4-6,9H2. The monoisotopic (exact) mass is 169 g/mol. The molecule has 0 radical (unpaired) electrons. The first-order chi connectivity index (χ1) is 5.86. The van der Waals surface area contributed by atoms with Crippen molar-refractivity contribution in [3.63, 3.8) is 0 Å². The quantitative estimate of drug-likeness (QED) is 0.285. The van der Waals surface area contributed by atoms with E-state index in [0.29, 0.717) is 5.92 Å². The molecule has 4 nitrogen and oxygen atoms in total. The molecule has 3 N–H and O–H groups in total. The Morgan fingerprint density at radius 1 is 1.50 bits per heavy atom. The highest BCUT2D eigenvalue weighted by atomic mass is 16.3. The van der Waals surface area contributed by atoms with E-state index in [1.165, 1.54) is 0 Å². The molecule has 1 aliphatic carbocycles. The van der Waals surface area contributed by atoms with Gasteiger partial charge >= 0.3 is 0 Å². The smallest absolute Gasteiger partial charge is 0.110 e. The molecule has 4 heteroatoms. The Bertz CT molecular complexity index is 170. The van der Waals surface area contributed by atoms with E-state index in [1.54, 1.807) is 0 Å². The summed E-state index contributed by atoms with van der Waals surface area (Å²) in [6.45, 7) is 0.828. The molecule has 0 bridgehead atoms. The van der Waals surface area contributed by atoms with Crippen LogP contribution >= 0.6 is 0 Å². The molecule has 0 fully saturated rings. The minimum atomic E-state index is -0.0907. The number of nitrogens with one attached hydrogen (secondary N) is 1. The molecule has 68 valence electrons. The number of allylic oxidation sites excluding steroid dienone is 1. The molecule has 1 rings (SSSR count). The molecule has 12 heavy (non-hydrogen) atoms. The summed E-state index contributed by atoms with van der Waals surface area (Å²) in [6.07, 6.45) is 6.95. The molecular formula is C8H15N3O. The summed E-state index contributed by atoms with van der Waals surface area (Å²) in [4.78, 5) is 10.1. The Balaban J connectivity index is 2.27. The lowest BCUT2D eigenvalue weighted by atomic mass is 9.91. The van der Waals surface area contributed by atoms with Crippen LogP contribution in [0, 0.1) is 10.8 Å². The van der Waals surface area contributed by atoms with Crippen molar-refractivity contribution in [3.8, 4) is 0 Å². The van der Waals surface area contributed by atoms with Crippen LogP contribution in [-0.2, 0) is 0 Å². The highest BCUT2D eigenvalue weighted by Gasteiger charge is 2.14. The zero-order valence-corrected chi connectivity index (χ0v) is 7.07. The van der Waals surface area contributed by atoms with Gasteiger partial charge < -0.3 is 0 Å². The summed E-state index contributed by atoms with van der Waals surface area (Å²) >= 11 is 0. The van der Waals surface area contributed by atoms with Crippen LogP contribution in [0.25, 0.3) is 0 Å². The third kappa shape index (κ3) is 2.71. The fourth-order valence-electron chi connectivity index (χ4n) is 1.46. The van der Waals surface area contributed by atoms with Gasteiger partial charge in [0, 0.05) is 6.54 Å². The predicted molar refractivity (Wildman–Crippen MR) is 48.3 cm³/mol. The second-order valence-electron chi connectivity index (χ2n) is 3.14. The molecule has 0 aromatic carbocycles. The molecular weight excluding hydrogens is 154 g/mol. The van der Waals surface area contributed by atoms with Crippen molar-refractivity contribution in [1.82, 2.24) is 5.43 Å². The first-order valence-corrected chi connectivity index (χ1v) is 4.31. The summed E-state index contributed by atoms with van der Waals surface area (Å²) in [5, 5.41) is 2.99. The Hall–Kier alpha value is -0.740. The fourth-order valence-corrected chi connectivity index (χ4v) is 1.46. The summed E-state index contributed by atoms with van der Waals surface area (Å²) in [6, 6.07) is -0.0907. The van der Waals surface area contributed by atoms with Gasteiger partial charge in [0.15, 0.2) is 0 Å². The van der Waals surface area contributed by atoms with Gasteiger partial charge in [0.05, 0.1) is 0 Å². The van der Waals surface area contributed by atoms with Gasteiger partial charge in [0.25, 0.3) is 0 Å². The topological polar surface area (TPSA) is 67.5 Å². The SMILES string of the molecule is NNCCC1C=CC(N=O)CC1. The van der Waals surface area contributed by atoms with Crippen LogP contribution in [0.5, 0.6) is 0 Å². The molecule has 2 atom stereocenters. The van der Waals surface area contributed by atoms with E-state index < -0.39 is 0 Å². The van der Waals surface area contributed by atoms with Crippen molar-refractivity contribution >= 4 is 0 Å². The van der Waals surface area contributed by atoms with Crippen molar-refractivity contribution < 1.29 is 0 Å². The van der Waals surface area contributed by atoms with Crippen molar-refractivity contribution in [2.75, 3.05) is 6.54 Å². The molecule has 0 heterocycles. The molecule has 0 saturated carbocycles. The summed E-state index contributed by atoms with van der Waals surface area (Å²) in [7, 11) is 0. The molecule has 2 unspecified atom stereocenters. The van der Waals surface area contributed by atoms with Crippen LogP contribution in [0.3, 0.4) is 0 Å². The van der Waals surface area contributed by atoms with Crippen LogP contribution in [-0.4, -0.2) is 12.6 Å². The number of nitrogens with zero attached hydrogens (tertiary/aromatic N) is 1. The van der Waals surface area contributed by atoms with Gasteiger partial charge in [-0.3, -0.25) is 11.3 Å². The predicted octanol–water partition coefficient (Wildman–Crippen LogP) is 0.941. The van der Waals surface area contributed by atoms with Crippen molar-refractivity contribution in [1.29, 1.82) is 0 Å². The summed E-state index contributed by atoms with van der Waals surface area (Å²) < 4.78 is 0. The first kappa shape index (κ1) is 9.35. The van der Waals surface area contributed by atoms with E-state index in [9.17, 15) is 4.91 Å². The number of hydrogen-bond acceptors (Lipinski definition) is 4. The van der Waals surface area contributed by atoms with Crippen molar-refractivity contribution in [2.24, 2.45) is 16.9 Å². The zero-order valence-electron chi connectivity index (χ0n) is 7.07. The maximum Gasteiger partial charge on any atom is 0.110 e. The lowest BCUT2D eigenvalue weighted by molar-refractivity contribution is 0.467. The normalized spacial score (nSPS) is 28.8. The third-order valence-corrected chi connectivity index (χ3v) is 2.23. The van der Waals surface area contributed by atoms with Gasteiger partial charge in [-0.15, -0.1) is 0 Å². The van der Waals surface area contributed by atoms with Gasteiger partial charge in [0.2, 0.25) is 0 Å². The Morgan fingerprint density at radius 3 is 2.83 bits per heavy atom. The van der Waals surface area contributed by atoms with E-state index >= 15 is 0 Å². The molecule has 0 amide bonds. The van der Waals surface area contributed by atoms with Gasteiger partial charge in [-0.2, -0.15) is 4.91 Å². The van der Waals surface area contributed by atoms with Gasteiger partial charge in [-0.1, -0.05) is 17.3 Å². The molecule has 0 saturated heterocycles. The van der Waals surface area contributed by atoms with Crippen molar-refractivity contribution in [2.45, 2.75) is 25.3 Å². The van der Waals surface area contributed by atoms with E-state index in [2.05, 4.69) is 16.7 Å². The first-order valence-electron chi connectivity index (χ1n) is 4.31. The van der Waals surface area contributed by atoms with E-state index in [0.717, 1.165) is 25.8 Å². The van der Waals surface area contributed by atoms with Gasteiger partial charge in [-0.05, 0) is 25.2 Å². The lowest BCUT2D eigenvalue weighted by Gasteiger charge is -2.18. The molecule has 0 aromatic heterocycles. The Labute approximate surface area is 72.2 Å². The minimum absolute atomic E-state index is 0.0907. The number of nitroso groups, excluding NO2 is 1. The number of rotatable bonds is 4. The number of hydrogen-bond donors (Lipinski definition) is 2.